The molecule has 0 aromatic rings. The largest absolute Gasteiger partial charge is 0.396 e. The molecule has 1 N–H and O–H groups in total. The fourth-order valence-electron chi connectivity index (χ4n) is 1.70. The molecule has 0 rings (SSSR count). The standard InChI is InChI=1S/C11H24O/c1-10(2)9-11(3)7-5-4-6-8-12/h10-12H,4-9H2,1-3H3. The maximum Gasteiger partial charge on any atom is 0.0431 e. The lowest BCUT2D eigenvalue weighted by Crippen LogP contribution is -2.00. The monoisotopic (exact) mass is 172 g/mol. The van der Waals surface area contributed by atoms with Crippen LogP contribution >= 0.6 is 0 Å². The molecule has 0 heterocycles. The lowest BCUT2D eigenvalue weighted by Gasteiger charge is -2.12. The molecule has 1 atom stereocenters. The van der Waals surface area contributed by atoms with Gasteiger partial charge in [0, 0.05) is 6.61 Å². The third kappa shape index (κ3) is 8.06. The molecule has 0 aliphatic carbocycles. The van der Waals surface area contributed by atoms with E-state index in [2.05, 4.69) is 20.8 Å². The zero-order valence-corrected chi connectivity index (χ0v) is 8.84. The Hall–Kier alpha value is -0.0400. The molecule has 1 unspecified atom stereocenters. The number of rotatable bonds is 7. The Morgan fingerprint density at radius 1 is 1.00 bits per heavy atom. The van der Waals surface area contributed by atoms with Crippen LogP contribution in [0.15, 0.2) is 0 Å². The highest BCUT2D eigenvalue weighted by molar-refractivity contribution is 4.56. The van der Waals surface area contributed by atoms with Crippen LogP contribution in [0.4, 0.5) is 0 Å². The van der Waals surface area contributed by atoms with Crippen molar-refractivity contribution in [1.82, 2.24) is 0 Å². The summed E-state index contributed by atoms with van der Waals surface area (Å²) in [4.78, 5) is 0. The van der Waals surface area contributed by atoms with Crippen LogP contribution in [0.1, 0.15) is 52.9 Å². The minimum atomic E-state index is 0.360. The second kappa shape index (κ2) is 7.60. The Morgan fingerprint density at radius 3 is 2.17 bits per heavy atom. The van der Waals surface area contributed by atoms with Crippen LogP contribution in [0.3, 0.4) is 0 Å². The molecule has 0 aliphatic heterocycles. The molecule has 0 saturated heterocycles. The number of aliphatic hydroxyl groups is 1. The molecule has 0 spiro atoms. The van der Waals surface area contributed by atoms with E-state index < -0.39 is 0 Å². The van der Waals surface area contributed by atoms with Gasteiger partial charge >= 0.3 is 0 Å². The minimum Gasteiger partial charge on any atom is -0.396 e. The van der Waals surface area contributed by atoms with Crippen molar-refractivity contribution in [3.05, 3.63) is 0 Å². The highest BCUT2D eigenvalue weighted by atomic mass is 16.2. The van der Waals surface area contributed by atoms with Crippen LogP contribution in [0.5, 0.6) is 0 Å². The van der Waals surface area contributed by atoms with Gasteiger partial charge in [-0.25, -0.2) is 0 Å². The first-order valence-electron chi connectivity index (χ1n) is 5.27. The average molecular weight is 172 g/mol. The van der Waals surface area contributed by atoms with Crippen molar-refractivity contribution in [1.29, 1.82) is 0 Å². The predicted octanol–water partition coefficient (Wildman–Crippen LogP) is 3.22. The van der Waals surface area contributed by atoms with Crippen molar-refractivity contribution in [2.45, 2.75) is 52.9 Å². The summed E-state index contributed by atoms with van der Waals surface area (Å²) >= 11 is 0. The first-order valence-corrected chi connectivity index (χ1v) is 5.27. The Bertz CT molecular complexity index is 89.0. The van der Waals surface area contributed by atoms with Crippen LogP contribution in [-0.2, 0) is 0 Å². The molecule has 0 aromatic carbocycles. The summed E-state index contributed by atoms with van der Waals surface area (Å²) in [6, 6.07) is 0. The molecule has 0 aromatic heterocycles. The van der Waals surface area contributed by atoms with Gasteiger partial charge in [0.2, 0.25) is 0 Å². The van der Waals surface area contributed by atoms with E-state index in [1.54, 1.807) is 0 Å². The molecular formula is C11H24O. The zero-order chi connectivity index (χ0) is 9.40. The molecular weight excluding hydrogens is 148 g/mol. The summed E-state index contributed by atoms with van der Waals surface area (Å²) < 4.78 is 0. The summed E-state index contributed by atoms with van der Waals surface area (Å²) in [5, 5.41) is 8.58. The molecule has 12 heavy (non-hydrogen) atoms. The van der Waals surface area contributed by atoms with Gasteiger partial charge < -0.3 is 5.11 Å². The van der Waals surface area contributed by atoms with Gasteiger partial charge in [-0.15, -0.1) is 0 Å². The highest BCUT2D eigenvalue weighted by Crippen LogP contribution is 2.17. The third-order valence-corrected chi connectivity index (χ3v) is 2.23. The van der Waals surface area contributed by atoms with Gasteiger partial charge in [0.15, 0.2) is 0 Å². The summed E-state index contributed by atoms with van der Waals surface area (Å²) in [5.74, 6) is 1.70. The smallest absolute Gasteiger partial charge is 0.0431 e. The van der Waals surface area contributed by atoms with Gasteiger partial charge in [0.1, 0.15) is 0 Å². The summed E-state index contributed by atoms with van der Waals surface area (Å²) in [5.41, 5.74) is 0. The molecule has 0 radical (unpaired) electrons. The maximum absolute atomic E-state index is 8.58. The topological polar surface area (TPSA) is 20.2 Å². The van der Waals surface area contributed by atoms with Crippen molar-refractivity contribution in [2.24, 2.45) is 11.8 Å². The lowest BCUT2D eigenvalue weighted by molar-refractivity contribution is 0.279. The molecule has 0 amide bonds. The van der Waals surface area contributed by atoms with E-state index in [4.69, 9.17) is 5.11 Å². The first-order chi connectivity index (χ1) is 5.66. The fraction of sp³-hybridized carbons (Fsp3) is 1.00. The summed E-state index contributed by atoms with van der Waals surface area (Å²) in [6.07, 6.45) is 6.14. The van der Waals surface area contributed by atoms with Gasteiger partial charge in [-0.05, 0) is 24.7 Å². The summed E-state index contributed by atoms with van der Waals surface area (Å²) in [7, 11) is 0. The van der Waals surface area contributed by atoms with E-state index in [9.17, 15) is 0 Å². The maximum atomic E-state index is 8.58. The molecule has 1 heteroatoms. The van der Waals surface area contributed by atoms with Crippen molar-refractivity contribution in [3.63, 3.8) is 0 Å². The third-order valence-electron chi connectivity index (χ3n) is 2.23. The van der Waals surface area contributed by atoms with Crippen LogP contribution < -0.4 is 0 Å². The second-order valence-corrected chi connectivity index (χ2v) is 4.31. The quantitative estimate of drug-likeness (QED) is 0.585. The second-order valence-electron chi connectivity index (χ2n) is 4.31. The number of hydrogen-bond acceptors (Lipinski definition) is 1. The molecule has 0 saturated carbocycles. The predicted molar refractivity (Wildman–Crippen MR) is 54.2 cm³/mol. The van der Waals surface area contributed by atoms with E-state index in [0.717, 1.165) is 18.3 Å². The number of unbranched alkanes of at least 4 members (excludes halogenated alkanes) is 2. The zero-order valence-electron chi connectivity index (χ0n) is 8.84. The minimum absolute atomic E-state index is 0.360. The fourth-order valence-corrected chi connectivity index (χ4v) is 1.70. The Kier molecular flexibility index (Phi) is 7.58. The van der Waals surface area contributed by atoms with Crippen LogP contribution in [0.2, 0.25) is 0 Å². The highest BCUT2D eigenvalue weighted by Gasteiger charge is 2.03. The first kappa shape index (κ1) is 12.0. The van der Waals surface area contributed by atoms with Gasteiger partial charge in [-0.1, -0.05) is 40.0 Å². The SMILES string of the molecule is CC(C)CC(C)CCCCCO. The van der Waals surface area contributed by atoms with Crippen molar-refractivity contribution in [3.8, 4) is 0 Å². The Balaban J connectivity index is 3.14. The van der Waals surface area contributed by atoms with Gasteiger partial charge in [0.25, 0.3) is 0 Å². The molecule has 1 nitrogen and oxygen atoms in total. The van der Waals surface area contributed by atoms with E-state index in [0.29, 0.717) is 6.61 Å². The normalized spacial score (nSPS) is 13.8. The van der Waals surface area contributed by atoms with E-state index >= 15 is 0 Å². The average Bonchev–Trinajstić information content (AvgIpc) is 1.97. The summed E-state index contributed by atoms with van der Waals surface area (Å²) in [6.45, 7) is 7.26. The van der Waals surface area contributed by atoms with Gasteiger partial charge in [-0.3, -0.25) is 0 Å². The molecule has 0 aliphatic rings. The van der Waals surface area contributed by atoms with E-state index in [1.807, 2.05) is 0 Å². The Labute approximate surface area is 77.2 Å². The molecule has 0 fully saturated rings. The number of aliphatic hydroxyl groups excluding tert-OH is 1. The number of hydrogen-bond donors (Lipinski definition) is 1. The van der Waals surface area contributed by atoms with E-state index in [-0.39, 0.29) is 0 Å². The molecule has 0 bridgehead atoms. The van der Waals surface area contributed by atoms with Crippen molar-refractivity contribution < 1.29 is 5.11 Å². The van der Waals surface area contributed by atoms with Crippen LogP contribution in [0, 0.1) is 11.8 Å². The Morgan fingerprint density at radius 2 is 1.67 bits per heavy atom. The van der Waals surface area contributed by atoms with Crippen molar-refractivity contribution >= 4 is 0 Å². The van der Waals surface area contributed by atoms with Crippen LogP contribution in [-0.4, -0.2) is 11.7 Å². The van der Waals surface area contributed by atoms with Crippen molar-refractivity contribution in [2.75, 3.05) is 6.61 Å². The van der Waals surface area contributed by atoms with E-state index in [1.165, 1.54) is 25.7 Å². The van der Waals surface area contributed by atoms with Gasteiger partial charge in [0.05, 0.1) is 0 Å². The lowest BCUT2D eigenvalue weighted by atomic mass is 9.94. The van der Waals surface area contributed by atoms with Gasteiger partial charge in [-0.2, -0.15) is 0 Å². The van der Waals surface area contributed by atoms with Crippen LogP contribution in [0.25, 0.3) is 0 Å². The molecule has 74 valence electrons.